The van der Waals surface area contributed by atoms with Crippen molar-refractivity contribution in [1.82, 2.24) is 0 Å². The molecule has 0 aliphatic rings. The number of carboxylic acids is 1. The van der Waals surface area contributed by atoms with Gasteiger partial charge in [-0.05, 0) is 18.1 Å². The van der Waals surface area contributed by atoms with Crippen LogP contribution in [0.2, 0.25) is 0 Å². The Bertz CT molecular complexity index is 713. The van der Waals surface area contributed by atoms with Crippen LogP contribution < -0.4 is 9.67 Å². The van der Waals surface area contributed by atoms with Crippen molar-refractivity contribution in [2.45, 2.75) is 103 Å². The summed E-state index contributed by atoms with van der Waals surface area (Å²) < 4.78 is 2.29. The van der Waals surface area contributed by atoms with Gasteiger partial charge in [-0.15, -0.1) is 0 Å². The van der Waals surface area contributed by atoms with E-state index >= 15 is 0 Å². The molecule has 0 spiro atoms. The highest BCUT2D eigenvalue weighted by molar-refractivity contribution is 5.83. The van der Waals surface area contributed by atoms with Gasteiger partial charge in [0.05, 0.1) is 5.97 Å². The Hall–Kier alpha value is -2.42. The number of carbonyl (C=O) groups is 1. The second-order valence-corrected chi connectivity index (χ2v) is 8.77. The monoisotopic (exact) mass is 451 g/mol. The fourth-order valence-electron chi connectivity index (χ4n) is 3.80. The summed E-state index contributed by atoms with van der Waals surface area (Å²) in [7, 11) is 0. The third-order valence-corrected chi connectivity index (χ3v) is 5.76. The standard InChI is InChI=1S/C21H38N.C9H8O2/c1-2-3-4-5-6-7-8-9-10-11-12-13-14-16-19-22-20-17-15-18-21-22;10-9(11)7-6-8-4-2-1-3-5-8/h15,17-18,20-21H,2-14,16,19H2,1H3;1-7H,(H,10,11)/q+1;/p-1/b;7-6+. The Balaban J connectivity index is 0.000000412. The van der Waals surface area contributed by atoms with E-state index in [1.165, 1.54) is 103 Å². The first kappa shape index (κ1) is 28.6. The molecule has 33 heavy (non-hydrogen) atoms. The molecule has 3 heteroatoms. The van der Waals surface area contributed by atoms with E-state index in [1.807, 2.05) is 30.3 Å². The van der Waals surface area contributed by atoms with Gasteiger partial charge >= 0.3 is 0 Å². The zero-order valence-electron chi connectivity index (χ0n) is 20.8. The second kappa shape index (κ2) is 21.4. The molecule has 2 rings (SSSR count). The number of aliphatic carboxylic acids is 1. The molecule has 0 saturated heterocycles. The maximum absolute atomic E-state index is 9.97. The summed E-state index contributed by atoms with van der Waals surface area (Å²) in [4.78, 5) is 9.97. The first-order valence-corrected chi connectivity index (χ1v) is 13.1. The number of hydrogen-bond acceptors (Lipinski definition) is 2. The van der Waals surface area contributed by atoms with Crippen LogP contribution in [0.3, 0.4) is 0 Å². The molecule has 0 fully saturated rings. The van der Waals surface area contributed by atoms with Gasteiger partial charge in [-0.25, -0.2) is 4.57 Å². The van der Waals surface area contributed by atoms with Crippen molar-refractivity contribution in [1.29, 1.82) is 0 Å². The van der Waals surface area contributed by atoms with Crippen LogP contribution in [0.5, 0.6) is 0 Å². The van der Waals surface area contributed by atoms with Crippen molar-refractivity contribution in [3.63, 3.8) is 0 Å². The smallest absolute Gasteiger partial charge is 0.168 e. The van der Waals surface area contributed by atoms with E-state index in [0.29, 0.717) is 0 Å². The molecule has 0 unspecified atom stereocenters. The van der Waals surface area contributed by atoms with Crippen molar-refractivity contribution in [3.05, 3.63) is 72.6 Å². The summed E-state index contributed by atoms with van der Waals surface area (Å²) in [5, 5.41) is 9.97. The summed E-state index contributed by atoms with van der Waals surface area (Å²) in [6.07, 6.45) is 26.9. The lowest BCUT2D eigenvalue weighted by molar-refractivity contribution is -0.697. The van der Waals surface area contributed by atoms with Crippen LogP contribution in [0.25, 0.3) is 6.08 Å². The van der Waals surface area contributed by atoms with Crippen molar-refractivity contribution < 1.29 is 14.5 Å². The minimum absolute atomic E-state index is 0.858. The summed E-state index contributed by atoms with van der Waals surface area (Å²) in [5.41, 5.74) is 0.858. The minimum Gasteiger partial charge on any atom is -0.545 e. The highest BCUT2D eigenvalue weighted by Gasteiger charge is 1.98. The number of aromatic nitrogens is 1. The second-order valence-electron chi connectivity index (χ2n) is 8.77. The topological polar surface area (TPSA) is 44.0 Å². The molecule has 1 heterocycles. The Morgan fingerprint density at radius 1 is 0.697 bits per heavy atom. The fraction of sp³-hybridized carbons (Fsp3) is 0.533. The molecule has 0 N–H and O–H groups in total. The zero-order chi connectivity index (χ0) is 23.8. The molecular formula is C30H45NO2. The van der Waals surface area contributed by atoms with Crippen molar-refractivity contribution in [2.24, 2.45) is 0 Å². The molecule has 0 atom stereocenters. The molecule has 0 amide bonds. The molecular weight excluding hydrogens is 406 g/mol. The average molecular weight is 452 g/mol. The van der Waals surface area contributed by atoms with Gasteiger partial charge in [0, 0.05) is 18.6 Å². The number of nitrogens with zero attached hydrogens (tertiary/aromatic N) is 1. The highest BCUT2D eigenvalue weighted by Crippen LogP contribution is 2.12. The molecule has 2 aromatic rings. The van der Waals surface area contributed by atoms with Gasteiger partial charge in [-0.1, -0.05) is 126 Å². The first-order chi connectivity index (χ1) is 16.2. The largest absolute Gasteiger partial charge is 0.545 e. The predicted octanol–water partition coefficient (Wildman–Crippen LogP) is 6.91. The predicted molar refractivity (Wildman–Crippen MR) is 137 cm³/mol. The number of unbranched alkanes of at least 4 members (excludes halogenated alkanes) is 13. The lowest BCUT2D eigenvalue weighted by Gasteiger charge is -2.02. The SMILES string of the molecule is CCCCCCCCCCCCCCCC[n+]1ccccc1.O=C([O-])/C=C/c1ccccc1. The number of carboxylic acid groups (broad SMARTS) is 1. The normalized spacial score (nSPS) is 10.7. The van der Waals surface area contributed by atoms with Crippen LogP contribution in [0, 0.1) is 0 Å². The Labute approximate surface area is 202 Å². The zero-order valence-corrected chi connectivity index (χ0v) is 20.8. The van der Waals surface area contributed by atoms with Gasteiger partial charge in [0.15, 0.2) is 12.4 Å². The lowest BCUT2D eigenvalue weighted by atomic mass is 10.0. The summed E-state index contributed by atoms with van der Waals surface area (Å²) in [5.74, 6) is -1.17. The number of hydrogen-bond donors (Lipinski definition) is 0. The van der Waals surface area contributed by atoms with Crippen LogP contribution in [-0.4, -0.2) is 5.97 Å². The van der Waals surface area contributed by atoms with Crippen molar-refractivity contribution >= 4 is 12.0 Å². The number of carbonyl (C=O) groups excluding carboxylic acids is 1. The van der Waals surface area contributed by atoms with E-state index in [0.717, 1.165) is 11.6 Å². The van der Waals surface area contributed by atoms with E-state index in [2.05, 4.69) is 42.1 Å². The number of pyridine rings is 1. The van der Waals surface area contributed by atoms with Gasteiger partial charge < -0.3 is 9.90 Å². The Morgan fingerprint density at radius 2 is 1.15 bits per heavy atom. The maximum atomic E-state index is 9.97. The molecule has 0 radical (unpaired) electrons. The third kappa shape index (κ3) is 18.8. The Morgan fingerprint density at radius 3 is 1.64 bits per heavy atom. The molecule has 0 saturated carbocycles. The van der Waals surface area contributed by atoms with Crippen LogP contribution >= 0.6 is 0 Å². The van der Waals surface area contributed by atoms with Gasteiger partial charge in [0.1, 0.15) is 6.54 Å². The molecule has 182 valence electrons. The highest BCUT2D eigenvalue weighted by atomic mass is 16.4. The first-order valence-electron chi connectivity index (χ1n) is 13.1. The number of benzene rings is 1. The van der Waals surface area contributed by atoms with E-state index in [-0.39, 0.29) is 0 Å². The van der Waals surface area contributed by atoms with Gasteiger partial charge in [-0.2, -0.15) is 0 Å². The van der Waals surface area contributed by atoms with Gasteiger partial charge in [0.2, 0.25) is 0 Å². The summed E-state index contributed by atoms with van der Waals surface area (Å²) >= 11 is 0. The quantitative estimate of drug-likeness (QED) is 0.149. The summed E-state index contributed by atoms with van der Waals surface area (Å²) in [6, 6.07) is 15.5. The summed E-state index contributed by atoms with van der Waals surface area (Å²) in [6.45, 7) is 3.47. The van der Waals surface area contributed by atoms with E-state index in [4.69, 9.17) is 0 Å². The number of rotatable bonds is 17. The van der Waals surface area contributed by atoms with Crippen LogP contribution in [0.15, 0.2) is 67.0 Å². The molecule has 3 nitrogen and oxygen atoms in total. The molecule has 0 bridgehead atoms. The van der Waals surface area contributed by atoms with E-state index < -0.39 is 5.97 Å². The maximum Gasteiger partial charge on any atom is 0.168 e. The fourth-order valence-corrected chi connectivity index (χ4v) is 3.80. The lowest BCUT2D eigenvalue weighted by Crippen LogP contribution is -2.32. The molecule has 0 aliphatic heterocycles. The van der Waals surface area contributed by atoms with Gasteiger partial charge in [0.25, 0.3) is 0 Å². The van der Waals surface area contributed by atoms with E-state index in [9.17, 15) is 9.90 Å². The van der Waals surface area contributed by atoms with E-state index in [1.54, 1.807) is 0 Å². The van der Waals surface area contributed by atoms with Crippen molar-refractivity contribution in [2.75, 3.05) is 0 Å². The average Bonchev–Trinajstić information content (AvgIpc) is 2.85. The minimum atomic E-state index is -1.17. The molecule has 1 aromatic heterocycles. The Kier molecular flexibility index (Phi) is 18.6. The molecule has 1 aromatic carbocycles. The van der Waals surface area contributed by atoms with Gasteiger partial charge in [-0.3, -0.25) is 0 Å². The molecule has 0 aliphatic carbocycles. The van der Waals surface area contributed by atoms with Crippen LogP contribution in [0.1, 0.15) is 102 Å². The van der Waals surface area contributed by atoms with Crippen LogP contribution in [0.4, 0.5) is 0 Å². The third-order valence-electron chi connectivity index (χ3n) is 5.76. The van der Waals surface area contributed by atoms with Crippen molar-refractivity contribution in [3.8, 4) is 0 Å². The van der Waals surface area contributed by atoms with Crippen LogP contribution in [-0.2, 0) is 11.3 Å². The number of aryl methyl sites for hydroxylation is 1.